The first-order chi connectivity index (χ1) is 10.8. The normalized spacial score (nSPS) is 14.4. The molecule has 1 aliphatic rings. The fourth-order valence-corrected chi connectivity index (χ4v) is 3.66. The number of aromatic nitrogens is 2. The third-order valence-electron chi connectivity index (χ3n) is 3.87. The summed E-state index contributed by atoms with van der Waals surface area (Å²) >= 11 is 0. The minimum atomic E-state index is -3.71. The van der Waals surface area contributed by atoms with Crippen molar-refractivity contribution in [2.45, 2.75) is 24.9 Å². The molecule has 2 aromatic rings. The molecule has 1 amide bonds. The van der Waals surface area contributed by atoms with Gasteiger partial charge in [-0.3, -0.25) is 9.52 Å². The van der Waals surface area contributed by atoms with Crippen molar-refractivity contribution in [1.82, 2.24) is 14.5 Å². The van der Waals surface area contributed by atoms with Crippen molar-refractivity contribution >= 4 is 21.6 Å². The Morgan fingerprint density at radius 1 is 1.30 bits per heavy atom. The van der Waals surface area contributed by atoms with Crippen LogP contribution in [0.1, 0.15) is 18.1 Å². The number of carbonyl (C=O) groups is 1. The van der Waals surface area contributed by atoms with Crippen LogP contribution in [0, 0.1) is 0 Å². The Bertz CT molecular complexity index is 857. The van der Waals surface area contributed by atoms with Crippen molar-refractivity contribution in [3.05, 3.63) is 41.9 Å². The first-order valence-electron chi connectivity index (χ1n) is 7.23. The van der Waals surface area contributed by atoms with Crippen molar-refractivity contribution in [3.8, 4) is 0 Å². The molecule has 1 aliphatic heterocycles. The van der Waals surface area contributed by atoms with Crippen molar-refractivity contribution in [2.24, 2.45) is 7.05 Å². The van der Waals surface area contributed by atoms with Crippen molar-refractivity contribution < 1.29 is 13.2 Å². The van der Waals surface area contributed by atoms with Gasteiger partial charge < -0.3 is 9.47 Å². The molecule has 0 bridgehead atoms. The number of nitrogens with zero attached hydrogens (tertiary/aromatic N) is 3. The number of imidazole rings is 1. The average Bonchev–Trinajstić information content (AvgIpc) is 2.93. The zero-order valence-corrected chi connectivity index (χ0v) is 13.8. The minimum absolute atomic E-state index is 0.0233. The van der Waals surface area contributed by atoms with Crippen LogP contribution in [0.4, 0.5) is 5.69 Å². The number of carbonyl (C=O) groups excluding carboxylic acids is 1. The summed E-state index contributed by atoms with van der Waals surface area (Å²) in [5, 5.41) is -0.0249. The fourth-order valence-electron chi connectivity index (χ4n) is 2.62. The van der Waals surface area contributed by atoms with Gasteiger partial charge in [0.05, 0.1) is 6.33 Å². The molecule has 8 heteroatoms. The maximum absolute atomic E-state index is 12.3. The maximum Gasteiger partial charge on any atom is 0.280 e. The Kier molecular flexibility index (Phi) is 3.85. The lowest BCUT2D eigenvalue weighted by Crippen LogP contribution is -2.34. The largest absolute Gasteiger partial charge is 0.339 e. The number of fused-ring (bicyclic) bond motifs is 1. The standard InChI is InChI=1S/C15H18N4O3S/c1-11(20)19-6-5-12-3-4-14(7-13(12)8-19)17-23(21,22)15-9-18(2)10-16-15/h3-4,7,9-10,17H,5-6,8H2,1-2H3. The molecule has 23 heavy (non-hydrogen) atoms. The van der Waals surface area contributed by atoms with Gasteiger partial charge in [-0.25, -0.2) is 4.98 Å². The highest BCUT2D eigenvalue weighted by Crippen LogP contribution is 2.24. The average molecular weight is 334 g/mol. The van der Waals surface area contributed by atoms with E-state index in [2.05, 4.69) is 9.71 Å². The van der Waals surface area contributed by atoms with Crippen LogP contribution in [0.2, 0.25) is 0 Å². The number of hydrogen-bond donors (Lipinski definition) is 1. The number of rotatable bonds is 3. The molecule has 122 valence electrons. The summed E-state index contributed by atoms with van der Waals surface area (Å²) in [6.45, 7) is 2.74. The molecule has 0 atom stereocenters. The minimum Gasteiger partial charge on any atom is -0.339 e. The Morgan fingerprint density at radius 2 is 2.09 bits per heavy atom. The fraction of sp³-hybridized carbons (Fsp3) is 0.333. The van der Waals surface area contributed by atoms with E-state index in [1.807, 2.05) is 6.07 Å². The SMILES string of the molecule is CC(=O)N1CCc2ccc(NS(=O)(=O)c3cn(C)cn3)cc2C1. The Labute approximate surface area is 135 Å². The summed E-state index contributed by atoms with van der Waals surface area (Å²) in [7, 11) is -2.00. The van der Waals surface area contributed by atoms with Gasteiger partial charge in [0, 0.05) is 38.9 Å². The Morgan fingerprint density at radius 3 is 2.74 bits per heavy atom. The number of sulfonamides is 1. The van der Waals surface area contributed by atoms with Gasteiger partial charge in [-0.15, -0.1) is 0 Å². The van der Waals surface area contributed by atoms with Crippen LogP contribution >= 0.6 is 0 Å². The van der Waals surface area contributed by atoms with E-state index < -0.39 is 10.0 Å². The molecule has 0 radical (unpaired) electrons. The van der Waals surface area contributed by atoms with Gasteiger partial charge in [0.1, 0.15) is 0 Å². The number of aryl methyl sites for hydroxylation is 1. The highest BCUT2D eigenvalue weighted by atomic mass is 32.2. The van der Waals surface area contributed by atoms with Crippen LogP contribution in [-0.2, 0) is 34.8 Å². The molecule has 0 saturated heterocycles. The summed E-state index contributed by atoms with van der Waals surface area (Å²) < 4.78 is 28.7. The van der Waals surface area contributed by atoms with E-state index in [0.29, 0.717) is 18.8 Å². The maximum atomic E-state index is 12.3. The molecule has 0 fully saturated rings. The molecule has 1 aromatic heterocycles. The summed E-state index contributed by atoms with van der Waals surface area (Å²) in [6.07, 6.45) is 3.66. The van der Waals surface area contributed by atoms with E-state index >= 15 is 0 Å². The quantitative estimate of drug-likeness (QED) is 0.912. The van der Waals surface area contributed by atoms with Crippen molar-refractivity contribution in [3.63, 3.8) is 0 Å². The predicted octanol–water partition coefficient (Wildman–Crippen LogP) is 1.13. The van der Waals surface area contributed by atoms with Crippen LogP contribution in [-0.4, -0.2) is 35.3 Å². The highest BCUT2D eigenvalue weighted by Gasteiger charge is 2.21. The van der Waals surface area contributed by atoms with E-state index in [9.17, 15) is 13.2 Å². The molecule has 2 heterocycles. The summed E-state index contributed by atoms with van der Waals surface area (Å²) in [5.41, 5.74) is 2.58. The van der Waals surface area contributed by atoms with E-state index in [1.165, 1.54) is 12.5 Å². The lowest BCUT2D eigenvalue weighted by molar-refractivity contribution is -0.129. The third-order valence-corrected chi connectivity index (χ3v) is 5.14. The summed E-state index contributed by atoms with van der Waals surface area (Å²) in [6, 6.07) is 5.43. The second-order valence-corrected chi connectivity index (χ2v) is 7.29. The molecular formula is C15H18N4O3S. The topological polar surface area (TPSA) is 84.3 Å². The molecule has 0 unspecified atom stereocenters. The van der Waals surface area contributed by atoms with Gasteiger partial charge >= 0.3 is 0 Å². The smallest absolute Gasteiger partial charge is 0.280 e. The lowest BCUT2D eigenvalue weighted by atomic mass is 9.99. The van der Waals surface area contributed by atoms with Gasteiger partial charge in [0.25, 0.3) is 10.0 Å². The summed E-state index contributed by atoms with van der Waals surface area (Å²) in [5.74, 6) is 0.0233. The summed E-state index contributed by atoms with van der Waals surface area (Å²) in [4.78, 5) is 17.1. The number of hydrogen-bond acceptors (Lipinski definition) is 4. The van der Waals surface area contributed by atoms with E-state index in [0.717, 1.165) is 17.5 Å². The van der Waals surface area contributed by atoms with Crippen molar-refractivity contribution in [1.29, 1.82) is 0 Å². The predicted molar refractivity (Wildman–Crippen MR) is 85.3 cm³/mol. The number of nitrogens with one attached hydrogen (secondary N) is 1. The third kappa shape index (κ3) is 3.21. The number of amides is 1. The zero-order valence-electron chi connectivity index (χ0n) is 13.0. The van der Waals surface area contributed by atoms with Gasteiger partial charge in [0.15, 0.2) is 5.03 Å². The van der Waals surface area contributed by atoms with Crippen LogP contribution in [0.3, 0.4) is 0 Å². The molecule has 7 nitrogen and oxygen atoms in total. The number of anilines is 1. The molecule has 3 rings (SSSR count). The molecule has 1 aromatic carbocycles. The van der Waals surface area contributed by atoms with Gasteiger partial charge in [-0.2, -0.15) is 8.42 Å². The van der Waals surface area contributed by atoms with Crippen LogP contribution in [0.5, 0.6) is 0 Å². The van der Waals surface area contributed by atoms with Crippen LogP contribution < -0.4 is 4.72 Å². The molecule has 1 N–H and O–H groups in total. The van der Waals surface area contributed by atoms with E-state index in [-0.39, 0.29) is 10.9 Å². The first-order valence-corrected chi connectivity index (χ1v) is 8.71. The van der Waals surface area contributed by atoms with Crippen LogP contribution in [0.15, 0.2) is 35.7 Å². The van der Waals surface area contributed by atoms with E-state index in [1.54, 1.807) is 35.6 Å². The van der Waals surface area contributed by atoms with Gasteiger partial charge in [-0.1, -0.05) is 6.07 Å². The lowest BCUT2D eigenvalue weighted by Gasteiger charge is -2.28. The zero-order chi connectivity index (χ0) is 16.6. The van der Waals surface area contributed by atoms with Crippen molar-refractivity contribution in [2.75, 3.05) is 11.3 Å². The second-order valence-electron chi connectivity index (χ2n) is 5.66. The molecular weight excluding hydrogens is 316 g/mol. The Hall–Kier alpha value is -2.35. The Balaban J connectivity index is 1.85. The van der Waals surface area contributed by atoms with Gasteiger partial charge in [0.2, 0.25) is 5.91 Å². The highest BCUT2D eigenvalue weighted by molar-refractivity contribution is 7.92. The molecule has 0 spiro atoms. The van der Waals surface area contributed by atoms with Crippen LogP contribution in [0.25, 0.3) is 0 Å². The molecule has 0 saturated carbocycles. The second kappa shape index (κ2) is 5.69. The van der Waals surface area contributed by atoms with Gasteiger partial charge in [-0.05, 0) is 29.7 Å². The first kappa shape index (κ1) is 15.5. The molecule has 0 aliphatic carbocycles. The number of benzene rings is 1. The monoisotopic (exact) mass is 334 g/mol. The van der Waals surface area contributed by atoms with E-state index in [4.69, 9.17) is 0 Å².